The van der Waals surface area contributed by atoms with Gasteiger partial charge in [-0.25, -0.2) is 8.42 Å². The monoisotopic (exact) mass is 439 g/mol. The lowest BCUT2D eigenvalue weighted by Gasteiger charge is -2.33. The van der Waals surface area contributed by atoms with Gasteiger partial charge in [-0.2, -0.15) is 0 Å². The Morgan fingerprint density at radius 1 is 0.613 bits per heavy atom. The fraction of sp³-hybridized carbons (Fsp3) is 0.778. The molecule has 6 aliphatic rings. The first-order chi connectivity index (χ1) is 14.9. The quantitative estimate of drug-likeness (QED) is 0.517. The zero-order chi connectivity index (χ0) is 20.9. The van der Waals surface area contributed by atoms with Gasteiger partial charge in [-0.3, -0.25) is 0 Å². The van der Waals surface area contributed by atoms with E-state index in [4.69, 9.17) is 0 Å². The molecule has 0 spiro atoms. The third kappa shape index (κ3) is 3.03. The van der Waals surface area contributed by atoms with Crippen molar-refractivity contribution < 1.29 is 13.0 Å². The molecule has 6 saturated carbocycles. The van der Waals surface area contributed by atoms with Gasteiger partial charge in [0.15, 0.2) is 0 Å². The van der Waals surface area contributed by atoms with Gasteiger partial charge in [0.1, 0.15) is 10.1 Å². The van der Waals surface area contributed by atoms with E-state index in [9.17, 15) is 13.0 Å². The van der Waals surface area contributed by atoms with Crippen LogP contribution in [0.4, 0.5) is 0 Å². The number of hydrogen-bond acceptors (Lipinski definition) is 3. The van der Waals surface area contributed by atoms with E-state index in [1.807, 2.05) is 0 Å². The van der Waals surface area contributed by atoms with Crippen LogP contribution in [0.1, 0.15) is 111 Å². The Morgan fingerprint density at radius 3 is 1.35 bits per heavy atom. The topological polar surface area (TPSA) is 57.2 Å². The Labute approximate surface area is 187 Å². The number of benzene rings is 1. The van der Waals surface area contributed by atoms with E-state index in [-0.39, 0.29) is 4.90 Å². The van der Waals surface area contributed by atoms with Crippen molar-refractivity contribution in [1.82, 2.24) is 0 Å². The van der Waals surface area contributed by atoms with Gasteiger partial charge in [0.2, 0.25) is 0 Å². The Kier molecular flexibility index (Phi) is 4.31. The summed E-state index contributed by atoms with van der Waals surface area (Å²) >= 11 is 0. The van der Waals surface area contributed by atoms with Crippen molar-refractivity contribution in [1.29, 1.82) is 0 Å². The minimum atomic E-state index is -4.47. The summed E-state index contributed by atoms with van der Waals surface area (Å²) in [5, 5.41) is 0. The molecule has 1 aromatic carbocycles. The Morgan fingerprint density at radius 2 is 1.03 bits per heavy atom. The van der Waals surface area contributed by atoms with Crippen molar-refractivity contribution in [3.63, 3.8) is 0 Å². The smallest absolute Gasteiger partial charge is 0.124 e. The van der Waals surface area contributed by atoms with Crippen molar-refractivity contribution >= 4 is 10.1 Å². The molecule has 0 N–H and O–H groups in total. The first kappa shape index (κ1) is 19.6. The highest BCUT2D eigenvalue weighted by molar-refractivity contribution is 7.85. The zero-order valence-corrected chi connectivity index (χ0v) is 19.3. The van der Waals surface area contributed by atoms with E-state index in [2.05, 4.69) is 12.1 Å². The summed E-state index contributed by atoms with van der Waals surface area (Å²) in [4.78, 5) is 0.245. The van der Waals surface area contributed by atoms with E-state index in [0.717, 1.165) is 47.6 Å². The van der Waals surface area contributed by atoms with Crippen LogP contribution < -0.4 is 0 Å². The van der Waals surface area contributed by atoms with Crippen LogP contribution in [0.3, 0.4) is 0 Å². The highest BCUT2D eigenvalue weighted by Gasteiger charge is 2.46. The molecule has 0 aromatic heterocycles. The van der Waals surface area contributed by atoms with Crippen LogP contribution in [0.25, 0.3) is 0 Å². The van der Waals surface area contributed by atoms with Gasteiger partial charge < -0.3 is 4.55 Å². The normalized spacial score (nSPS) is 45.3. The number of hydrogen-bond donors (Lipinski definition) is 0. The molecule has 6 aliphatic carbocycles. The molecule has 9 atom stereocenters. The van der Waals surface area contributed by atoms with Crippen LogP contribution in [0.15, 0.2) is 17.0 Å². The molecule has 6 fully saturated rings. The third-order valence-corrected chi connectivity index (χ3v) is 11.8. The molecule has 0 heterocycles. The van der Waals surface area contributed by atoms with Crippen LogP contribution >= 0.6 is 0 Å². The average molecular weight is 440 g/mol. The molecular weight excluding hydrogens is 404 g/mol. The van der Waals surface area contributed by atoms with Gasteiger partial charge in [-0.1, -0.05) is 31.4 Å². The number of rotatable bonds is 4. The minimum Gasteiger partial charge on any atom is -0.744 e. The Hall–Kier alpha value is -0.870. The SMILES string of the molecule is O=S(=O)([O-])c1c(C2CC3CCC2C3)cc(C2CC3CCC2C3)cc1C1CC2CCC1C2. The fourth-order valence-electron chi connectivity index (χ4n) is 9.66. The molecule has 168 valence electrons. The largest absolute Gasteiger partial charge is 0.744 e. The van der Waals surface area contributed by atoms with Crippen LogP contribution in [-0.4, -0.2) is 13.0 Å². The van der Waals surface area contributed by atoms with Gasteiger partial charge >= 0.3 is 0 Å². The summed E-state index contributed by atoms with van der Waals surface area (Å²) < 4.78 is 38.4. The summed E-state index contributed by atoms with van der Waals surface area (Å²) in [7, 11) is -4.47. The van der Waals surface area contributed by atoms with Crippen LogP contribution in [0.5, 0.6) is 0 Å². The highest BCUT2D eigenvalue weighted by atomic mass is 32.2. The summed E-state index contributed by atoms with van der Waals surface area (Å²) in [6.07, 6.45) is 15.1. The lowest BCUT2D eigenvalue weighted by atomic mass is 9.75. The second-order valence-corrected chi connectivity index (χ2v) is 13.6. The average Bonchev–Trinajstić information content (AvgIpc) is 3.58. The van der Waals surface area contributed by atoms with Gasteiger partial charge in [0.25, 0.3) is 0 Å². The third-order valence-electron chi connectivity index (χ3n) is 10.9. The van der Waals surface area contributed by atoms with Crippen molar-refractivity contribution in [3.05, 3.63) is 28.8 Å². The van der Waals surface area contributed by atoms with Gasteiger partial charge in [-0.05, 0) is 128 Å². The molecular formula is C27H35O3S-. The summed E-state index contributed by atoms with van der Waals surface area (Å²) in [6.45, 7) is 0. The molecule has 0 aliphatic heterocycles. The lowest BCUT2D eigenvalue weighted by Crippen LogP contribution is -2.20. The van der Waals surface area contributed by atoms with Crippen molar-refractivity contribution in [3.8, 4) is 0 Å². The van der Waals surface area contributed by atoms with Crippen molar-refractivity contribution in [2.75, 3.05) is 0 Å². The molecule has 7 rings (SSSR count). The molecule has 9 unspecified atom stereocenters. The van der Waals surface area contributed by atoms with Crippen LogP contribution in [0, 0.1) is 35.5 Å². The van der Waals surface area contributed by atoms with Crippen LogP contribution in [-0.2, 0) is 10.1 Å². The molecule has 6 bridgehead atoms. The molecule has 31 heavy (non-hydrogen) atoms. The van der Waals surface area contributed by atoms with E-state index in [0.29, 0.717) is 29.6 Å². The fourth-order valence-corrected chi connectivity index (χ4v) is 10.7. The van der Waals surface area contributed by atoms with Gasteiger partial charge in [0, 0.05) is 0 Å². The maximum atomic E-state index is 12.8. The highest BCUT2D eigenvalue weighted by Crippen LogP contribution is 2.59. The van der Waals surface area contributed by atoms with Crippen molar-refractivity contribution in [2.45, 2.75) is 99.7 Å². The molecule has 0 amide bonds. The summed E-state index contributed by atoms with van der Waals surface area (Å²) in [5.74, 6) is 5.51. The standard InChI is InChI=1S/C27H36O3S/c28-31(29,30)27-25(23-11-16-2-5-19(23)8-16)13-21(22-10-15-1-4-18(22)7-15)14-26(27)24-12-17-3-6-20(24)9-17/h13-20,22-24H,1-12H2,(H,28,29,30)/p-1. The number of fused-ring (bicyclic) bond motifs is 6. The second-order valence-electron chi connectivity index (χ2n) is 12.3. The second kappa shape index (κ2) is 6.82. The maximum Gasteiger partial charge on any atom is 0.124 e. The van der Waals surface area contributed by atoms with E-state index >= 15 is 0 Å². The minimum absolute atomic E-state index is 0.245. The first-order valence-electron chi connectivity index (χ1n) is 13.1. The predicted molar refractivity (Wildman–Crippen MR) is 119 cm³/mol. The Balaban J connectivity index is 1.40. The molecule has 3 nitrogen and oxygen atoms in total. The van der Waals surface area contributed by atoms with Crippen LogP contribution in [0.2, 0.25) is 0 Å². The van der Waals surface area contributed by atoms with E-state index in [1.165, 1.54) is 69.8 Å². The predicted octanol–water partition coefficient (Wildman–Crippen LogP) is 6.30. The first-order valence-corrected chi connectivity index (χ1v) is 14.5. The summed E-state index contributed by atoms with van der Waals surface area (Å²) in [6, 6.07) is 4.50. The zero-order valence-electron chi connectivity index (χ0n) is 18.5. The molecule has 1 aromatic rings. The summed E-state index contributed by atoms with van der Waals surface area (Å²) in [5.41, 5.74) is 3.32. The van der Waals surface area contributed by atoms with E-state index in [1.54, 1.807) is 0 Å². The molecule has 0 saturated heterocycles. The lowest BCUT2D eigenvalue weighted by molar-refractivity contribution is 0.390. The van der Waals surface area contributed by atoms with Gasteiger partial charge in [-0.15, -0.1) is 0 Å². The van der Waals surface area contributed by atoms with E-state index < -0.39 is 10.1 Å². The maximum absolute atomic E-state index is 12.8. The Bertz CT molecular complexity index is 964. The molecule has 4 heteroatoms. The van der Waals surface area contributed by atoms with Crippen molar-refractivity contribution in [2.24, 2.45) is 35.5 Å². The molecule has 0 radical (unpaired) electrons. The van der Waals surface area contributed by atoms with Gasteiger partial charge in [0.05, 0.1) is 4.90 Å².